The van der Waals surface area contributed by atoms with Crippen LogP contribution in [0.5, 0.6) is 5.75 Å². The summed E-state index contributed by atoms with van der Waals surface area (Å²) in [6, 6.07) is 8.51. The average Bonchev–Trinajstić information content (AvgIpc) is 3.46. The Morgan fingerprint density at radius 2 is 1.69 bits per heavy atom. The largest absolute Gasteiger partial charge is 0.483 e. The molecule has 0 radical (unpaired) electrons. The Morgan fingerprint density at radius 1 is 1.06 bits per heavy atom. The zero-order valence-electron chi connectivity index (χ0n) is 16.9. The molecule has 2 aromatic rings. The van der Waals surface area contributed by atoms with Gasteiger partial charge in [-0.2, -0.15) is 0 Å². The average molecular weight is 438 g/mol. The lowest BCUT2D eigenvalue weighted by Crippen LogP contribution is -2.33. The Balaban J connectivity index is 1.44. The molecule has 164 valence electrons. The highest BCUT2D eigenvalue weighted by atomic mass is 19.1. The third kappa shape index (κ3) is 3.16. The maximum Gasteiger partial charge on any atom is 0.273 e. The second kappa shape index (κ2) is 7.51. The van der Waals surface area contributed by atoms with Gasteiger partial charge in [-0.1, -0.05) is 0 Å². The van der Waals surface area contributed by atoms with Crippen molar-refractivity contribution in [2.75, 3.05) is 11.5 Å². The van der Waals surface area contributed by atoms with Crippen LogP contribution in [0.25, 0.3) is 0 Å². The van der Waals surface area contributed by atoms with Crippen LogP contribution in [0, 0.1) is 39.6 Å². The molecule has 9 heteroatoms. The molecule has 3 aliphatic rings. The molecular weight excluding hydrogens is 419 g/mol. The van der Waals surface area contributed by atoms with Crippen LogP contribution >= 0.6 is 0 Å². The summed E-state index contributed by atoms with van der Waals surface area (Å²) in [7, 11) is 0. The number of nitro groups is 1. The third-order valence-corrected chi connectivity index (χ3v) is 6.85. The minimum atomic E-state index is -0.624. The van der Waals surface area contributed by atoms with E-state index in [4.69, 9.17) is 4.74 Å². The number of amides is 2. The predicted molar refractivity (Wildman–Crippen MR) is 110 cm³/mol. The van der Waals surface area contributed by atoms with Crippen LogP contribution < -0.4 is 9.64 Å². The SMILES string of the molecule is O=C(COc1cc([N+](=O)[O-])ccc1N1C(=O)[C@H]2[C@@H]3CC[C@@H](C3)[C@@H]2C1=O)c1ccc(F)cc1. The monoisotopic (exact) mass is 438 g/mol. The van der Waals surface area contributed by atoms with E-state index in [2.05, 4.69) is 0 Å². The molecule has 1 heterocycles. The number of carbonyl (C=O) groups is 3. The fourth-order valence-corrected chi connectivity index (χ4v) is 5.43. The summed E-state index contributed by atoms with van der Waals surface area (Å²) in [4.78, 5) is 50.5. The van der Waals surface area contributed by atoms with E-state index in [1.807, 2.05) is 0 Å². The standard InChI is InChI=1S/C23H19FN2O6/c24-15-5-3-12(4-6-15)18(27)11-32-19-10-16(26(30)31)7-8-17(19)25-22(28)20-13-1-2-14(9-13)21(20)23(25)29/h3-8,10,13-14,20-21H,1-2,9,11H2/t13-,14+,20-,21-/m0/s1. The summed E-state index contributed by atoms with van der Waals surface area (Å²) in [5, 5.41) is 11.3. The number of benzene rings is 2. The first kappa shape index (κ1) is 20.3. The highest BCUT2D eigenvalue weighted by Crippen LogP contribution is 2.57. The van der Waals surface area contributed by atoms with E-state index in [1.54, 1.807) is 0 Å². The lowest BCUT2D eigenvalue weighted by molar-refractivity contribution is -0.384. The number of nitrogens with zero attached hydrogens (tertiary/aromatic N) is 2. The quantitative estimate of drug-likeness (QED) is 0.296. The van der Waals surface area contributed by atoms with Gasteiger partial charge in [0.25, 0.3) is 5.69 Å². The van der Waals surface area contributed by atoms with E-state index < -0.39 is 23.1 Å². The molecular formula is C23H19FN2O6. The molecule has 4 atom stereocenters. The Labute approximate surface area is 182 Å². The van der Waals surface area contributed by atoms with Crippen LogP contribution in [0.1, 0.15) is 29.6 Å². The number of hydrogen-bond acceptors (Lipinski definition) is 6. The molecule has 0 unspecified atom stereocenters. The topological polar surface area (TPSA) is 107 Å². The van der Waals surface area contributed by atoms with Crippen molar-refractivity contribution in [2.24, 2.45) is 23.7 Å². The van der Waals surface area contributed by atoms with Gasteiger partial charge < -0.3 is 4.74 Å². The fraction of sp³-hybridized carbons (Fsp3) is 0.348. The summed E-state index contributed by atoms with van der Waals surface area (Å²) >= 11 is 0. The summed E-state index contributed by atoms with van der Waals surface area (Å²) in [5.41, 5.74) is 0.0152. The van der Waals surface area contributed by atoms with Crippen LogP contribution in [0.4, 0.5) is 15.8 Å². The Morgan fingerprint density at radius 3 is 2.28 bits per heavy atom. The molecule has 2 aliphatic carbocycles. The molecule has 2 amide bonds. The summed E-state index contributed by atoms with van der Waals surface area (Å²) in [6.07, 6.45) is 2.74. The Kier molecular flexibility index (Phi) is 4.76. The molecule has 1 aliphatic heterocycles. The second-order valence-corrected chi connectivity index (χ2v) is 8.52. The van der Waals surface area contributed by atoms with Gasteiger partial charge >= 0.3 is 0 Å². The lowest BCUT2D eigenvalue weighted by atomic mass is 9.81. The molecule has 0 aromatic heterocycles. The van der Waals surface area contributed by atoms with Gasteiger partial charge in [0.1, 0.15) is 5.82 Å². The van der Waals surface area contributed by atoms with E-state index in [1.165, 1.54) is 24.3 Å². The van der Waals surface area contributed by atoms with Gasteiger partial charge in [0.05, 0.1) is 28.5 Å². The van der Waals surface area contributed by atoms with Crippen molar-refractivity contribution in [3.63, 3.8) is 0 Å². The molecule has 3 fully saturated rings. The number of imide groups is 1. The number of nitro benzene ring substituents is 1. The summed E-state index contributed by atoms with van der Waals surface area (Å²) in [6.45, 7) is -0.492. The van der Waals surface area contributed by atoms with Crippen LogP contribution in [-0.4, -0.2) is 29.1 Å². The number of carbonyl (C=O) groups excluding carboxylic acids is 3. The molecule has 2 saturated carbocycles. The van der Waals surface area contributed by atoms with E-state index >= 15 is 0 Å². The minimum Gasteiger partial charge on any atom is -0.483 e. The highest BCUT2D eigenvalue weighted by Gasteiger charge is 2.61. The van der Waals surface area contributed by atoms with Gasteiger partial charge in [-0.15, -0.1) is 0 Å². The zero-order chi connectivity index (χ0) is 22.6. The van der Waals surface area contributed by atoms with Gasteiger partial charge in [-0.05, 0) is 61.4 Å². The minimum absolute atomic E-state index is 0.0938. The zero-order valence-corrected chi connectivity index (χ0v) is 16.9. The number of non-ortho nitro benzene ring substituents is 1. The summed E-state index contributed by atoms with van der Waals surface area (Å²) < 4.78 is 18.7. The van der Waals surface area contributed by atoms with Crippen molar-refractivity contribution in [3.05, 3.63) is 64.0 Å². The molecule has 32 heavy (non-hydrogen) atoms. The molecule has 2 aromatic carbocycles. The maximum absolute atomic E-state index is 13.2. The first-order valence-electron chi connectivity index (χ1n) is 10.4. The van der Waals surface area contributed by atoms with Gasteiger partial charge in [0.15, 0.2) is 18.1 Å². The summed E-state index contributed by atoms with van der Waals surface area (Å²) in [5.74, 6) is -2.02. The van der Waals surface area contributed by atoms with Crippen molar-refractivity contribution in [1.82, 2.24) is 0 Å². The van der Waals surface area contributed by atoms with Gasteiger partial charge in [0.2, 0.25) is 11.8 Å². The van der Waals surface area contributed by atoms with Crippen LogP contribution in [0.2, 0.25) is 0 Å². The number of Topliss-reactive ketones (excluding diaryl/α,β-unsaturated/α-hetero) is 1. The number of rotatable bonds is 6. The third-order valence-electron chi connectivity index (χ3n) is 6.85. The molecule has 1 saturated heterocycles. The second-order valence-electron chi connectivity index (χ2n) is 8.52. The van der Waals surface area contributed by atoms with Crippen molar-refractivity contribution in [3.8, 4) is 5.75 Å². The number of anilines is 1. The van der Waals surface area contributed by atoms with Crippen molar-refractivity contribution in [2.45, 2.75) is 19.3 Å². The first-order valence-corrected chi connectivity index (χ1v) is 10.4. The van der Waals surface area contributed by atoms with Crippen LogP contribution in [0.15, 0.2) is 42.5 Å². The van der Waals surface area contributed by atoms with E-state index in [-0.39, 0.29) is 58.2 Å². The van der Waals surface area contributed by atoms with Crippen molar-refractivity contribution in [1.29, 1.82) is 0 Å². The number of ether oxygens (including phenoxy) is 1. The molecule has 0 N–H and O–H groups in total. The van der Waals surface area contributed by atoms with Crippen LogP contribution in [-0.2, 0) is 9.59 Å². The number of hydrogen-bond donors (Lipinski definition) is 0. The van der Waals surface area contributed by atoms with Gasteiger partial charge in [-0.25, -0.2) is 9.29 Å². The highest BCUT2D eigenvalue weighted by molar-refractivity contribution is 6.23. The number of fused-ring (bicyclic) bond motifs is 5. The lowest BCUT2D eigenvalue weighted by Gasteiger charge is -2.20. The van der Waals surface area contributed by atoms with Crippen molar-refractivity contribution < 1.29 is 28.4 Å². The van der Waals surface area contributed by atoms with Crippen LogP contribution in [0.3, 0.4) is 0 Å². The first-order chi connectivity index (χ1) is 15.3. The van der Waals surface area contributed by atoms with E-state index in [9.17, 15) is 28.9 Å². The molecule has 5 rings (SSSR count). The number of ketones is 1. The van der Waals surface area contributed by atoms with E-state index in [0.29, 0.717) is 0 Å². The molecule has 8 nitrogen and oxygen atoms in total. The number of halogens is 1. The smallest absolute Gasteiger partial charge is 0.273 e. The molecule has 2 bridgehead atoms. The Bertz CT molecular complexity index is 1120. The van der Waals surface area contributed by atoms with E-state index in [0.717, 1.165) is 42.4 Å². The maximum atomic E-state index is 13.2. The molecule has 0 spiro atoms. The predicted octanol–water partition coefficient (Wildman–Crippen LogP) is 3.53. The fourth-order valence-electron chi connectivity index (χ4n) is 5.43. The van der Waals surface area contributed by atoms with Crippen molar-refractivity contribution >= 4 is 29.0 Å². The normalized spacial score (nSPS) is 25.8. The van der Waals surface area contributed by atoms with Gasteiger partial charge in [0, 0.05) is 11.6 Å². The van der Waals surface area contributed by atoms with Gasteiger partial charge in [-0.3, -0.25) is 24.5 Å². The Hall–Kier alpha value is -3.62.